The zero-order valence-electron chi connectivity index (χ0n) is 33.5. The number of aliphatic hydroxyl groups excluding tert-OH is 1. The summed E-state index contributed by atoms with van der Waals surface area (Å²) in [5, 5.41) is 15.0. The van der Waals surface area contributed by atoms with Gasteiger partial charge < -0.3 is 39.8 Å². The van der Waals surface area contributed by atoms with Gasteiger partial charge in [0.25, 0.3) is 11.8 Å². The highest BCUT2D eigenvalue weighted by molar-refractivity contribution is 6.62. The second-order valence-electron chi connectivity index (χ2n) is 13.4. The normalized spacial score (nSPS) is 16.2. The minimum atomic E-state index is -4.45. The second-order valence-corrected chi connectivity index (χ2v) is 13.7. The summed E-state index contributed by atoms with van der Waals surface area (Å²) >= 11 is 4.90. The van der Waals surface area contributed by atoms with Crippen molar-refractivity contribution in [3.8, 4) is 11.5 Å². The number of aryl methyl sites for hydroxylation is 4. The molecule has 4 amide bonds. The Hall–Kier alpha value is -4.84. The van der Waals surface area contributed by atoms with Crippen LogP contribution in [0.15, 0.2) is 35.8 Å². The number of halogens is 8. The van der Waals surface area contributed by atoms with Gasteiger partial charge in [-0.15, -0.1) is 12.4 Å². The third-order valence-corrected chi connectivity index (χ3v) is 8.56. The Morgan fingerprint density at radius 2 is 1.12 bits per heavy atom. The quantitative estimate of drug-likeness (QED) is 0.130. The van der Waals surface area contributed by atoms with E-state index in [9.17, 15) is 50.6 Å². The third kappa shape index (κ3) is 14.2. The molecule has 2 atom stereocenters. The van der Waals surface area contributed by atoms with Gasteiger partial charge in [-0.2, -0.15) is 26.3 Å². The maximum atomic E-state index is 12.6. The van der Waals surface area contributed by atoms with E-state index in [1.54, 1.807) is 41.8 Å². The first kappa shape index (κ1) is 51.2. The number of aliphatic hydroxyl groups is 1. The third-order valence-electron chi connectivity index (χ3n) is 8.22. The van der Waals surface area contributed by atoms with E-state index >= 15 is 0 Å². The van der Waals surface area contributed by atoms with Crippen LogP contribution in [0.4, 0.5) is 35.9 Å². The monoisotopic (exact) mass is 872 g/mol. The molecule has 58 heavy (non-hydrogen) atoms. The Balaban J connectivity index is 0.000000507. The highest BCUT2D eigenvalue weighted by Gasteiger charge is 2.36. The van der Waals surface area contributed by atoms with Gasteiger partial charge in [0.2, 0.25) is 0 Å². The number of amides is 4. The van der Waals surface area contributed by atoms with Gasteiger partial charge >= 0.3 is 23.8 Å². The molecule has 0 aromatic heterocycles. The molecule has 0 saturated heterocycles. The maximum Gasteiger partial charge on any atom is 0.422 e. The van der Waals surface area contributed by atoms with E-state index in [1.165, 1.54) is 48.2 Å². The molecule has 0 fully saturated rings. The van der Waals surface area contributed by atoms with Crippen molar-refractivity contribution < 1.29 is 64.8 Å². The van der Waals surface area contributed by atoms with Gasteiger partial charge in [-0.1, -0.05) is 13.8 Å². The molecule has 2 unspecified atom stereocenters. The topological polar surface area (TPSA) is 147 Å². The predicted molar refractivity (Wildman–Crippen MR) is 208 cm³/mol. The highest BCUT2D eigenvalue weighted by atomic mass is 35.5. The number of hydrogen-bond donors (Lipinski definition) is 3. The van der Waals surface area contributed by atoms with Crippen LogP contribution in [0.1, 0.15) is 61.1 Å². The van der Waals surface area contributed by atoms with E-state index in [1.807, 2.05) is 13.8 Å². The lowest BCUT2D eigenvalue weighted by Crippen LogP contribution is -2.29. The number of nitrogens with one attached hydrogen (secondary N) is 2. The van der Waals surface area contributed by atoms with Gasteiger partial charge in [0, 0.05) is 28.2 Å². The largest absolute Gasteiger partial charge is 0.509 e. The minimum Gasteiger partial charge on any atom is -0.509 e. The van der Waals surface area contributed by atoms with Crippen molar-refractivity contribution in [2.75, 3.05) is 41.4 Å². The van der Waals surface area contributed by atoms with Crippen LogP contribution in [-0.4, -0.2) is 104 Å². The Kier molecular flexibility index (Phi) is 18.7. The molecule has 0 radical (unpaired) electrons. The number of carbonyl (C=O) groups is 4. The summed E-state index contributed by atoms with van der Waals surface area (Å²) in [7, 11) is 6.23. The van der Waals surface area contributed by atoms with Gasteiger partial charge in [-0.05, 0) is 110 Å². The molecule has 2 aromatic rings. The van der Waals surface area contributed by atoms with Crippen molar-refractivity contribution >= 4 is 58.4 Å². The molecule has 2 aliphatic heterocycles. The van der Waals surface area contributed by atoms with Crippen LogP contribution in [0.5, 0.6) is 11.5 Å². The van der Waals surface area contributed by atoms with Crippen molar-refractivity contribution in [3.63, 3.8) is 0 Å². The second kappa shape index (κ2) is 21.2. The lowest BCUT2D eigenvalue weighted by Gasteiger charge is -2.18. The number of carbonyl (C=O) groups excluding carboxylic acids is 4. The Labute approximate surface area is 343 Å². The van der Waals surface area contributed by atoms with Crippen molar-refractivity contribution in [1.82, 2.24) is 20.4 Å². The molecule has 0 spiro atoms. The first-order valence-electron chi connectivity index (χ1n) is 17.4. The average molecular weight is 874 g/mol. The molecular weight excluding hydrogens is 825 g/mol. The van der Waals surface area contributed by atoms with Crippen molar-refractivity contribution in [3.05, 3.63) is 69.2 Å². The number of benzene rings is 2. The Morgan fingerprint density at radius 1 is 0.741 bits per heavy atom. The van der Waals surface area contributed by atoms with E-state index in [0.29, 0.717) is 46.2 Å². The molecule has 3 N–H and O–H groups in total. The predicted octanol–water partition coefficient (Wildman–Crippen LogP) is 8.04. The lowest BCUT2D eigenvalue weighted by molar-refractivity contribution is -0.154. The Morgan fingerprint density at radius 3 is 1.45 bits per heavy atom. The Bertz CT molecular complexity index is 1900. The molecule has 0 bridgehead atoms. The van der Waals surface area contributed by atoms with Crippen LogP contribution >= 0.6 is 24.0 Å². The molecule has 2 aromatic carbocycles. The number of hydrogen-bond acceptors (Lipinski definition) is 8. The number of alkyl halides is 6. The van der Waals surface area contributed by atoms with Crippen LogP contribution in [0, 0.1) is 13.8 Å². The summed E-state index contributed by atoms with van der Waals surface area (Å²) < 4.78 is 89.2. The SMILES string of the molecule is CCc1cc(OCC(F)(F)F)cc(C)c1C1=C(O)C(C)NC1=O.CCc1cc(OCC(F)(F)F)cc(C)c1C1=C(OC(=O)N(C)C)C(C)NC1=O.CN(C)C(=O)Cl.Cl. The molecule has 20 heteroatoms. The van der Waals surface area contributed by atoms with Crippen molar-refractivity contribution in [2.45, 2.75) is 78.8 Å². The van der Waals surface area contributed by atoms with E-state index in [0.717, 1.165) is 0 Å². The summed E-state index contributed by atoms with van der Waals surface area (Å²) in [4.78, 5) is 49.0. The summed E-state index contributed by atoms with van der Waals surface area (Å²) in [6, 6.07) is 4.83. The first-order chi connectivity index (χ1) is 26.2. The fraction of sp³-hybridized carbons (Fsp3) is 0.474. The summed E-state index contributed by atoms with van der Waals surface area (Å²) in [6.45, 7) is 7.54. The van der Waals surface area contributed by atoms with E-state index < -0.39 is 60.9 Å². The van der Waals surface area contributed by atoms with E-state index in [2.05, 4.69) is 10.6 Å². The highest BCUT2D eigenvalue weighted by Crippen LogP contribution is 2.36. The maximum absolute atomic E-state index is 12.6. The molecule has 4 rings (SSSR count). The molecule has 0 aliphatic carbocycles. The number of rotatable bonds is 9. The van der Waals surface area contributed by atoms with Crippen LogP contribution in [0.3, 0.4) is 0 Å². The van der Waals surface area contributed by atoms with Gasteiger partial charge in [-0.3, -0.25) is 14.4 Å². The molecular formula is C38H48Cl2F6N4O8. The summed E-state index contributed by atoms with van der Waals surface area (Å²) in [5.41, 5.74) is 3.86. The smallest absolute Gasteiger partial charge is 0.422 e. The van der Waals surface area contributed by atoms with Crippen LogP contribution in [0.25, 0.3) is 11.1 Å². The van der Waals surface area contributed by atoms with Gasteiger partial charge in [-0.25, -0.2) is 4.79 Å². The van der Waals surface area contributed by atoms with Crippen LogP contribution < -0.4 is 20.1 Å². The van der Waals surface area contributed by atoms with E-state index in [-0.39, 0.29) is 46.6 Å². The zero-order valence-corrected chi connectivity index (χ0v) is 35.1. The van der Waals surface area contributed by atoms with E-state index in [4.69, 9.17) is 25.8 Å². The van der Waals surface area contributed by atoms with Crippen molar-refractivity contribution in [2.24, 2.45) is 0 Å². The van der Waals surface area contributed by atoms with Gasteiger partial charge in [0.1, 0.15) is 23.0 Å². The van der Waals surface area contributed by atoms with Crippen molar-refractivity contribution in [1.29, 1.82) is 0 Å². The minimum absolute atomic E-state index is 0. The fourth-order valence-corrected chi connectivity index (χ4v) is 5.55. The van der Waals surface area contributed by atoms with Gasteiger partial charge in [0.05, 0.1) is 23.2 Å². The van der Waals surface area contributed by atoms with Gasteiger partial charge in [0.15, 0.2) is 13.2 Å². The molecule has 2 heterocycles. The standard InChI is InChI=1S/C19H23F3N2O4.C16H18F3NO3.C3H6ClNO.ClH/c1-6-12-8-13(27-9-19(20,21)22)7-10(2)14(12)15-16(11(3)23-17(15)25)28-18(26)24(4)5;1-4-10-6-11(23-7-16(17,18)19)5-8(2)12(10)13-14(21)9(3)20-15(13)22;1-5(2)3(4)6;/h7-8,11H,6,9H2,1-5H3,(H,23,25);5-6,9,21H,4,7H2,1-3H3,(H,20,22);1-2H3;1H. The molecule has 12 nitrogen and oxygen atoms in total. The summed E-state index contributed by atoms with van der Waals surface area (Å²) in [6.07, 6.45) is -8.56. The van der Waals surface area contributed by atoms with Crippen LogP contribution in [0.2, 0.25) is 0 Å². The first-order valence-corrected chi connectivity index (χ1v) is 17.8. The zero-order chi connectivity index (χ0) is 43.7. The molecule has 0 saturated carbocycles. The lowest BCUT2D eigenvalue weighted by atomic mass is 9.92. The molecule has 324 valence electrons. The molecule has 2 aliphatic rings. The number of ether oxygens (including phenoxy) is 3. The summed E-state index contributed by atoms with van der Waals surface area (Å²) in [5.74, 6) is -0.518. The fourth-order valence-electron chi connectivity index (χ4n) is 5.55. The van der Waals surface area contributed by atoms with Crippen LogP contribution in [-0.2, 0) is 27.2 Å². The average Bonchev–Trinajstić information content (AvgIpc) is 3.51. The number of nitrogens with zero attached hydrogens (tertiary/aromatic N) is 2.